The van der Waals surface area contributed by atoms with Crippen LogP contribution in [0.3, 0.4) is 0 Å². The van der Waals surface area contributed by atoms with E-state index in [0.29, 0.717) is 5.69 Å². The Morgan fingerprint density at radius 1 is 1.35 bits per heavy atom. The second-order valence-electron chi connectivity index (χ2n) is 5.24. The summed E-state index contributed by atoms with van der Waals surface area (Å²) >= 11 is 0. The standard InChI is InChI=1S/C15H15N3O4S/c19-15(20)14-8-12-9-16-17-13(12)10-18(14)23(21,22)7-6-11-4-2-1-3-5-11/h1-7,9,14H,8,10H2,(H,16,17)(H,19,20)/b7-6+. The van der Waals surface area contributed by atoms with E-state index in [1.807, 2.05) is 6.07 Å². The topological polar surface area (TPSA) is 103 Å². The van der Waals surface area contributed by atoms with Gasteiger partial charge in [0, 0.05) is 11.8 Å². The third-order valence-corrected chi connectivity index (χ3v) is 5.24. The molecular formula is C15H15N3O4S. The van der Waals surface area contributed by atoms with Gasteiger partial charge in [-0.25, -0.2) is 8.42 Å². The van der Waals surface area contributed by atoms with Crippen molar-refractivity contribution < 1.29 is 18.3 Å². The van der Waals surface area contributed by atoms with Crippen LogP contribution in [-0.4, -0.2) is 40.0 Å². The lowest BCUT2D eigenvalue weighted by atomic mass is 10.0. The number of rotatable bonds is 4. The first-order valence-corrected chi connectivity index (χ1v) is 8.46. The Labute approximate surface area is 133 Å². The maximum Gasteiger partial charge on any atom is 0.322 e. The van der Waals surface area contributed by atoms with E-state index in [4.69, 9.17) is 0 Å². The van der Waals surface area contributed by atoms with Crippen molar-refractivity contribution in [3.8, 4) is 0 Å². The lowest BCUT2D eigenvalue weighted by Crippen LogP contribution is -2.47. The summed E-state index contributed by atoms with van der Waals surface area (Å²) in [6, 6.07) is 7.82. The molecule has 1 aliphatic heterocycles. The molecule has 8 heteroatoms. The smallest absolute Gasteiger partial charge is 0.322 e. The van der Waals surface area contributed by atoms with Gasteiger partial charge < -0.3 is 5.11 Å². The van der Waals surface area contributed by atoms with Crippen molar-refractivity contribution in [1.29, 1.82) is 0 Å². The molecule has 23 heavy (non-hydrogen) atoms. The number of nitrogens with zero attached hydrogens (tertiary/aromatic N) is 2. The van der Waals surface area contributed by atoms with E-state index in [-0.39, 0.29) is 13.0 Å². The minimum atomic E-state index is -3.87. The molecule has 0 radical (unpaired) electrons. The minimum Gasteiger partial charge on any atom is -0.480 e. The van der Waals surface area contributed by atoms with Gasteiger partial charge in [-0.2, -0.15) is 9.40 Å². The number of benzene rings is 1. The normalized spacial score (nSPS) is 18.9. The highest BCUT2D eigenvalue weighted by Gasteiger charge is 2.38. The number of carboxylic acid groups (broad SMARTS) is 1. The van der Waals surface area contributed by atoms with Gasteiger partial charge in [-0.3, -0.25) is 9.89 Å². The van der Waals surface area contributed by atoms with Crippen LogP contribution in [0.2, 0.25) is 0 Å². The molecule has 0 saturated carbocycles. The summed E-state index contributed by atoms with van der Waals surface area (Å²) < 4.78 is 26.1. The number of sulfonamides is 1. The number of aromatic amines is 1. The molecule has 0 fully saturated rings. The van der Waals surface area contributed by atoms with Gasteiger partial charge in [0.2, 0.25) is 10.0 Å². The van der Waals surface area contributed by atoms with Crippen molar-refractivity contribution >= 4 is 22.1 Å². The summed E-state index contributed by atoms with van der Waals surface area (Å²) in [5.74, 6) is -1.17. The zero-order valence-corrected chi connectivity index (χ0v) is 12.9. The number of aromatic nitrogens is 2. The highest BCUT2D eigenvalue weighted by molar-refractivity contribution is 7.92. The summed E-state index contributed by atoms with van der Waals surface area (Å²) in [4.78, 5) is 11.5. The molecule has 7 nitrogen and oxygen atoms in total. The van der Waals surface area contributed by atoms with E-state index in [9.17, 15) is 18.3 Å². The molecule has 3 rings (SSSR count). The zero-order chi connectivity index (χ0) is 16.4. The molecule has 1 aromatic carbocycles. The predicted molar refractivity (Wildman–Crippen MR) is 83.7 cm³/mol. The van der Waals surface area contributed by atoms with Gasteiger partial charge in [0.1, 0.15) is 6.04 Å². The van der Waals surface area contributed by atoms with E-state index in [1.54, 1.807) is 24.3 Å². The quantitative estimate of drug-likeness (QED) is 0.875. The molecule has 1 aliphatic rings. The largest absolute Gasteiger partial charge is 0.480 e. The van der Waals surface area contributed by atoms with E-state index >= 15 is 0 Å². The second kappa shape index (κ2) is 5.98. The van der Waals surface area contributed by atoms with Crippen LogP contribution in [-0.2, 0) is 27.8 Å². The van der Waals surface area contributed by atoms with E-state index in [0.717, 1.165) is 20.8 Å². The Kier molecular flexibility index (Phi) is 4.01. The molecule has 0 bridgehead atoms. The molecule has 120 valence electrons. The lowest BCUT2D eigenvalue weighted by Gasteiger charge is -2.30. The van der Waals surface area contributed by atoms with Gasteiger partial charge in [-0.1, -0.05) is 30.3 Å². The van der Waals surface area contributed by atoms with Gasteiger partial charge in [0.05, 0.1) is 18.4 Å². The molecule has 2 N–H and O–H groups in total. The summed E-state index contributed by atoms with van der Waals surface area (Å²) in [6.07, 6.45) is 3.09. The summed E-state index contributed by atoms with van der Waals surface area (Å²) in [6.45, 7) is -0.0340. The number of carboxylic acids is 1. The van der Waals surface area contributed by atoms with Gasteiger partial charge in [0.25, 0.3) is 0 Å². The third-order valence-electron chi connectivity index (χ3n) is 3.73. The average Bonchev–Trinajstić information content (AvgIpc) is 3.00. The number of fused-ring (bicyclic) bond motifs is 1. The first-order chi connectivity index (χ1) is 11.0. The number of nitrogens with one attached hydrogen (secondary N) is 1. The Balaban J connectivity index is 1.91. The summed E-state index contributed by atoms with van der Waals surface area (Å²) in [7, 11) is -3.87. The van der Waals surface area contributed by atoms with Crippen LogP contribution in [0.25, 0.3) is 6.08 Å². The average molecular weight is 333 g/mol. The van der Waals surface area contributed by atoms with E-state index in [2.05, 4.69) is 10.2 Å². The Morgan fingerprint density at radius 3 is 2.78 bits per heavy atom. The van der Waals surface area contributed by atoms with Crippen molar-refractivity contribution in [2.75, 3.05) is 0 Å². The number of aliphatic carboxylic acids is 1. The molecule has 0 amide bonds. The molecule has 0 saturated heterocycles. The van der Waals surface area contributed by atoms with Gasteiger partial charge in [-0.15, -0.1) is 0 Å². The minimum absolute atomic E-state index is 0.0340. The molecule has 2 aromatic rings. The fourth-order valence-corrected chi connectivity index (χ4v) is 3.83. The lowest BCUT2D eigenvalue weighted by molar-refractivity contribution is -0.141. The second-order valence-corrected chi connectivity index (χ2v) is 7.01. The Morgan fingerprint density at radius 2 is 2.09 bits per heavy atom. The number of carbonyl (C=O) groups is 1. The summed E-state index contributed by atoms with van der Waals surface area (Å²) in [5, 5.41) is 17.0. The van der Waals surface area contributed by atoms with Crippen molar-refractivity contribution in [3.05, 3.63) is 58.8 Å². The molecule has 1 atom stereocenters. The fraction of sp³-hybridized carbons (Fsp3) is 0.200. The molecular weight excluding hydrogens is 318 g/mol. The first kappa shape index (κ1) is 15.4. The number of hydrogen-bond donors (Lipinski definition) is 2. The van der Waals surface area contributed by atoms with Gasteiger partial charge in [-0.05, 0) is 17.2 Å². The van der Waals surface area contributed by atoms with Gasteiger partial charge in [0.15, 0.2) is 0 Å². The highest BCUT2D eigenvalue weighted by atomic mass is 32.2. The Hall–Kier alpha value is -2.45. The molecule has 0 aliphatic carbocycles. The Bertz CT molecular complexity index is 843. The van der Waals surface area contributed by atoms with Crippen LogP contribution >= 0.6 is 0 Å². The van der Waals surface area contributed by atoms with Crippen LogP contribution in [0.5, 0.6) is 0 Å². The van der Waals surface area contributed by atoms with Crippen LogP contribution in [0.15, 0.2) is 41.9 Å². The number of H-pyrrole nitrogens is 1. The van der Waals surface area contributed by atoms with Crippen LogP contribution < -0.4 is 0 Å². The van der Waals surface area contributed by atoms with Crippen LogP contribution in [0.1, 0.15) is 16.8 Å². The number of hydrogen-bond acceptors (Lipinski definition) is 4. The molecule has 1 aromatic heterocycles. The van der Waals surface area contributed by atoms with E-state index in [1.165, 1.54) is 12.3 Å². The SMILES string of the molecule is O=C(O)C1Cc2cn[nH]c2CN1S(=O)(=O)/C=C/c1ccccc1. The third kappa shape index (κ3) is 3.17. The monoisotopic (exact) mass is 333 g/mol. The molecule has 2 heterocycles. The van der Waals surface area contributed by atoms with E-state index < -0.39 is 22.0 Å². The first-order valence-electron chi connectivity index (χ1n) is 6.96. The maximum absolute atomic E-state index is 12.5. The van der Waals surface area contributed by atoms with Crippen molar-refractivity contribution in [2.45, 2.75) is 19.0 Å². The highest BCUT2D eigenvalue weighted by Crippen LogP contribution is 2.25. The molecule has 0 spiro atoms. The van der Waals surface area contributed by atoms with Crippen molar-refractivity contribution in [3.63, 3.8) is 0 Å². The van der Waals surface area contributed by atoms with Crippen LogP contribution in [0, 0.1) is 0 Å². The zero-order valence-electron chi connectivity index (χ0n) is 12.1. The maximum atomic E-state index is 12.5. The fourth-order valence-electron chi connectivity index (χ4n) is 2.51. The predicted octanol–water partition coefficient (Wildman–Crippen LogP) is 1.22. The molecule has 1 unspecified atom stereocenters. The van der Waals surface area contributed by atoms with Crippen LogP contribution in [0.4, 0.5) is 0 Å². The van der Waals surface area contributed by atoms with Gasteiger partial charge >= 0.3 is 5.97 Å². The van der Waals surface area contributed by atoms with Crippen molar-refractivity contribution in [1.82, 2.24) is 14.5 Å². The van der Waals surface area contributed by atoms with Crippen molar-refractivity contribution in [2.24, 2.45) is 0 Å². The summed E-state index contributed by atoms with van der Waals surface area (Å²) in [5.41, 5.74) is 2.08.